The summed E-state index contributed by atoms with van der Waals surface area (Å²) < 4.78 is 0.940. The zero-order valence-corrected chi connectivity index (χ0v) is 17.7. The van der Waals surface area contributed by atoms with Crippen molar-refractivity contribution >= 4 is 22.7 Å². The van der Waals surface area contributed by atoms with Gasteiger partial charge in [0.1, 0.15) is 0 Å². The standard InChI is InChI=1S/C26H30BN/c1-20-6-12-23(13-7-20)26-18-19-28(4,5)27(26,24-14-8-21(2)9-15-24)25-16-10-22(3)11-17-25/h6-18H,19H2,1-5H3. The second-order valence-corrected chi connectivity index (χ2v) is 9.13. The molecule has 28 heavy (non-hydrogen) atoms. The van der Waals surface area contributed by atoms with Gasteiger partial charge >= 0.3 is 0 Å². The Bertz CT molecular complexity index is 964. The first-order valence-corrected chi connectivity index (χ1v) is 10.2. The molecule has 142 valence electrons. The van der Waals surface area contributed by atoms with Gasteiger partial charge in [-0.15, -0.1) is 16.4 Å². The summed E-state index contributed by atoms with van der Waals surface area (Å²) in [4.78, 5) is 0. The number of hydrogen-bond acceptors (Lipinski definition) is 0. The van der Waals surface area contributed by atoms with Crippen LogP contribution >= 0.6 is 0 Å². The summed E-state index contributed by atoms with van der Waals surface area (Å²) in [7, 11) is 4.77. The van der Waals surface area contributed by atoms with E-state index in [0.717, 1.165) is 10.9 Å². The van der Waals surface area contributed by atoms with E-state index >= 15 is 0 Å². The Morgan fingerprint density at radius 1 is 0.607 bits per heavy atom. The van der Waals surface area contributed by atoms with Gasteiger partial charge in [-0.1, -0.05) is 101 Å². The molecule has 0 bridgehead atoms. The third-order valence-corrected chi connectivity index (χ3v) is 6.78. The number of benzene rings is 3. The van der Waals surface area contributed by atoms with Crippen LogP contribution in [0.2, 0.25) is 0 Å². The largest absolute Gasteiger partial charge is 0.506 e. The van der Waals surface area contributed by atoms with Gasteiger partial charge in [0.15, 0.2) is 0 Å². The number of rotatable bonds is 3. The molecule has 0 atom stereocenters. The first-order valence-electron chi connectivity index (χ1n) is 10.2. The predicted octanol–water partition coefficient (Wildman–Crippen LogP) is 4.38. The van der Waals surface area contributed by atoms with E-state index in [1.54, 1.807) is 0 Å². The Labute approximate surface area is 169 Å². The van der Waals surface area contributed by atoms with Crippen molar-refractivity contribution in [3.05, 3.63) is 101 Å². The molecule has 0 saturated carbocycles. The van der Waals surface area contributed by atoms with Crippen molar-refractivity contribution in [2.75, 3.05) is 20.6 Å². The molecule has 0 radical (unpaired) electrons. The molecule has 1 heterocycles. The number of nitrogens with zero attached hydrogens (tertiary/aromatic N) is 1. The average molecular weight is 367 g/mol. The summed E-state index contributed by atoms with van der Waals surface area (Å²) in [5.74, 6) is 0. The van der Waals surface area contributed by atoms with Gasteiger partial charge < -0.3 is 4.39 Å². The van der Waals surface area contributed by atoms with Crippen LogP contribution in [0, 0.1) is 20.8 Å². The molecule has 0 fully saturated rings. The van der Waals surface area contributed by atoms with Gasteiger partial charge in [-0.05, 0) is 20.8 Å². The summed E-state index contributed by atoms with van der Waals surface area (Å²) in [6.07, 6.45) is 1.34. The molecule has 2 heteroatoms. The number of aryl methyl sites for hydroxylation is 3. The third kappa shape index (κ3) is 2.84. The summed E-state index contributed by atoms with van der Waals surface area (Å²) in [6, 6.07) is 27.5. The van der Waals surface area contributed by atoms with E-state index in [4.69, 9.17) is 0 Å². The van der Waals surface area contributed by atoms with E-state index < -0.39 is 6.28 Å². The van der Waals surface area contributed by atoms with Crippen molar-refractivity contribution in [1.82, 2.24) is 0 Å². The molecule has 0 saturated heterocycles. The average Bonchev–Trinajstić information content (AvgIpc) is 2.95. The minimum atomic E-state index is -1.14. The van der Waals surface area contributed by atoms with Gasteiger partial charge in [-0.3, -0.25) is 0 Å². The maximum Gasteiger partial charge on any atom is 0.291 e. The lowest BCUT2D eigenvalue weighted by Gasteiger charge is -2.54. The number of likely N-dealkylation sites (N-methyl/N-ethyl adjacent to an activating group) is 1. The smallest absolute Gasteiger partial charge is 0.291 e. The number of hydrogen-bond donors (Lipinski definition) is 0. The molecule has 3 aromatic carbocycles. The molecule has 1 nitrogen and oxygen atoms in total. The van der Waals surface area contributed by atoms with Crippen LogP contribution in [0.1, 0.15) is 22.3 Å². The van der Waals surface area contributed by atoms with Crippen LogP contribution in [0.4, 0.5) is 0 Å². The Balaban J connectivity index is 2.03. The molecule has 1 aliphatic heterocycles. The maximum absolute atomic E-state index is 2.48. The summed E-state index contributed by atoms with van der Waals surface area (Å²) in [5.41, 5.74) is 9.58. The highest BCUT2D eigenvalue weighted by atomic mass is 15.3. The molecule has 1 aliphatic rings. The second-order valence-electron chi connectivity index (χ2n) is 9.13. The van der Waals surface area contributed by atoms with Gasteiger partial charge in [-0.2, -0.15) is 0 Å². The van der Waals surface area contributed by atoms with Crippen LogP contribution in [-0.4, -0.2) is 31.3 Å². The molecule has 0 aliphatic carbocycles. The van der Waals surface area contributed by atoms with Crippen LogP contribution in [0.3, 0.4) is 0 Å². The zero-order chi connectivity index (χ0) is 19.9. The van der Waals surface area contributed by atoms with E-state index in [2.05, 4.69) is 114 Å². The first-order chi connectivity index (χ1) is 13.3. The lowest BCUT2D eigenvalue weighted by molar-refractivity contribution is -0.776. The van der Waals surface area contributed by atoms with Crippen LogP contribution in [-0.2, 0) is 0 Å². The first kappa shape index (κ1) is 18.8. The quantitative estimate of drug-likeness (QED) is 0.603. The van der Waals surface area contributed by atoms with E-state index in [0.29, 0.717) is 0 Å². The molecular weight excluding hydrogens is 337 g/mol. The highest BCUT2D eigenvalue weighted by molar-refractivity contribution is 7.10. The summed E-state index contributed by atoms with van der Waals surface area (Å²) in [6.45, 7) is 7.53. The van der Waals surface area contributed by atoms with Crippen LogP contribution in [0.15, 0.2) is 78.9 Å². The fraction of sp³-hybridized carbons (Fsp3) is 0.231. The Morgan fingerprint density at radius 2 is 1.00 bits per heavy atom. The Hall–Kier alpha value is -2.58. The second kappa shape index (κ2) is 6.79. The SMILES string of the molecule is Cc1ccc(C2=CC[N+](C)(C)[B-]2(c2ccc(C)cc2)c2ccc(C)cc2)cc1. The van der Waals surface area contributed by atoms with Crippen molar-refractivity contribution in [2.45, 2.75) is 20.8 Å². The molecule has 0 spiro atoms. The number of quaternary nitrogens is 1. The monoisotopic (exact) mass is 367 g/mol. The van der Waals surface area contributed by atoms with Crippen molar-refractivity contribution in [2.24, 2.45) is 0 Å². The molecule has 3 aromatic rings. The van der Waals surface area contributed by atoms with E-state index in [1.807, 2.05) is 0 Å². The Kier molecular flexibility index (Phi) is 4.55. The van der Waals surface area contributed by atoms with Crippen molar-refractivity contribution in [3.63, 3.8) is 0 Å². The van der Waals surface area contributed by atoms with E-state index in [-0.39, 0.29) is 0 Å². The molecule has 0 N–H and O–H groups in total. The lowest BCUT2D eigenvalue weighted by Crippen LogP contribution is -2.75. The fourth-order valence-electron chi connectivity index (χ4n) is 5.19. The molecular formula is C26H30BN. The highest BCUT2D eigenvalue weighted by Gasteiger charge is 2.50. The third-order valence-electron chi connectivity index (χ3n) is 6.78. The highest BCUT2D eigenvalue weighted by Crippen LogP contribution is 2.37. The zero-order valence-electron chi connectivity index (χ0n) is 17.7. The normalized spacial score (nSPS) is 17.4. The van der Waals surface area contributed by atoms with E-state index in [1.165, 1.54) is 38.7 Å². The lowest BCUT2D eigenvalue weighted by atomic mass is 9.22. The van der Waals surface area contributed by atoms with Gasteiger partial charge in [0.25, 0.3) is 6.28 Å². The van der Waals surface area contributed by atoms with Gasteiger partial charge in [0, 0.05) is 14.1 Å². The topological polar surface area (TPSA) is 0 Å². The van der Waals surface area contributed by atoms with Gasteiger partial charge in [0.05, 0.1) is 6.54 Å². The minimum Gasteiger partial charge on any atom is -0.506 e. The van der Waals surface area contributed by atoms with Crippen molar-refractivity contribution in [1.29, 1.82) is 0 Å². The van der Waals surface area contributed by atoms with Crippen molar-refractivity contribution in [3.8, 4) is 0 Å². The molecule has 4 rings (SSSR count). The van der Waals surface area contributed by atoms with Gasteiger partial charge in [0.2, 0.25) is 0 Å². The van der Waals surface area contributed by atoms with Crippen LogP contribution in [0.25, 0.3) is 5.47 Å². The fourth-order valence-corrected chi connectivity index (χ4v) is 5.19. The van der Waals surface area contributed by atoms with Crippen LogP contribution in [0.5, 0.6) is 0 Å². The van der Waals surface area contributed by atoms with Crippen LogP contribution < -0.4 is 10.9 Å². The molecule has 0 amide bonds. The minimum absolute atomic E-state index is 0.940. The summed E-state index contributed by atoms with van der Waals surface area (Å²) in [5, 5.41) is 0. The predicted molar refractivity (Wildman–Crippen MR) is 124 cm³/mol. The molecule has 0 unspecified atom stereocenters. The maximum atomic E-state index is 2.48. The van der Waals surface area contributed by atoms with E-state index in [9.17, 15) is 0 Å². The molecule has 0 aromatic heterocycles. The van der Waals surface area contributed by atoms with Crippen molar-refractivity contribution < 1.29 is 4.39 Å². The Morgan fingerprint density at radius 3 is 1.43 bits per heavy atom. The summed E-state index contributed by atoms with van der Waals surface area (Å²) >= 11 is 0. The van der Waals surface area contributed by atoms with Gasteiger partial charge in [-0.25, -0.2) is 0 Å².